The van der Waals surface area contributed by atoms with Gasteiger partial charge in [0.1, 0.15) is 0 Å². The largest absolute Gasteiger partial charge is 0.379 e. The summed E-state index contributed by atoms with van der Waals surface area (Å²) >= 11 is 0. The van der Waals surface area contributed by atoms with Crippen molar-refractivity contribution in [1.82, 2.24) is 5.32 Å². The SMILES string of the molecule is CNC(COCCOCC(C)C)c1cc(C)ccc1C. The van der Waals surface area contributed by atoms with Crippen LogP contribution in [-0.4, -0.2) is 33.5 Å². The van der Waals surface area contributed by atoms with Gasteiger partial charge in [-0.3, -0.25) is 0 Å². The fraction of sp³-hybridized carbons (Fsp3) is 0.647. The monoisotopic (exact) mass is 279 g/mol. The second kappa shape index (κ2) is 9.11. The van der Waals surface area contributed by atoms with Gasteiger partial charge in [0.2, 0.25) is 0 Å². The molecule has 0 saturated heterocycles. The first kappa shape index (κ1) is 17.2. The van der Waals surface area contributed by atoms with Crippen molar-refractivity contribution in [2.45, 2.75) is 33.7 Å². The molecule has 1 N–H and O–H groups in total. The number of aryl methyl sites for hydroxylation is 2. The third kappa shape index (κ3) is 6.04. The van der Waals surface area contributed by atoms with Crippen molar-refractivity contribution in [3.63, 3.8) is 0 Å². The molecule has 0 aliphatic rings. The molecule has 1 atom stereocenters. The highest BCUT2D eigenvalue weighted by Gasteiger charge is 2.12. The van der Waals surface area contributed by atoms with Gasteiger partial charge in [-0.15, -0.1) is 0 Å². The summed E-state index contributed by atoms with van der Waals surface area (Å²) in [5, 5.41) is 3.33. The van der Waals surface area contributed by atoms with Gasteiger partial charge in [-0.1, -0.05) is 37.6 Å². The van der Waals surface area contributed by atoms with Gasteiger partial charge in [0.25, 0.3) is 0 Å². The van der Waals surface area contributed by atoms with Crippen LogP contribution in [0.2, 0.25) is 0 Å². The predicted octanol–water partition coefficient (Wildman–Crippen LogP) is 3.25. The van der Waals surface area contributed by atoms with Gasteiger partial charge in [-0.2, -0.15) is 0 Å². The maximum absolute atomic E-state index is 5.73. The van der Waals surface area contributed by atoms with E-state index in [1.54, 1.807) is 0 Å². The molecule has 0 saturated carbocycles. The van der Waals surface area contributed by atoms with Gasteiger partial charge in [0.15, 0.2) is 0 Å². The van der Waals surface area contributed by atoms with Gasteiger partial charge >= 0.3 is 0 Å². The molecule has 0 bridgehead atoms. The van der Waals surface area contributed by atoms with Crippen LogP contribution < -0.4 is 5.32 Å². The van der Waals surface area contributed by atoms with Gasteiger partial charge in [-0.05, 0) is 37.9 Å². The minimum atomic E-state index is 0.236. The van der Waals surface area contributed by atoms with Gasteiger partial charge in [0.05, 0.1) is 25.9 Å². The van der Waals surface area contributed by atoms with Crippen molar-refractivity contribution in [2.24, 2.45) is 5.92 Å². The van der Waals surface area contributed by atoms with Gasteiger partial charge in [-0.25, -0.2) is 0 Å². The molecular formula is C17H29NO2. The van der Waals surface area contributed by atoms with E-state index in [1.165, 1.54) is 16.7 Å². The van der Waals surface area contributed by atoms with E-state index in [0.717, 1.165) is 6.61 Å². The molecule has 20 heavy (non-hydrogen) atoms. The zero-order valence-electron chi connectivity index (χ0n) is 13.5. The summed E-state index contributed by atoms with van der Waals surface area (Å²) in [4.78, 5) is 0. The normalized spacial score (nSPS) is 12.9. The van der Waals surface area contributed by atoms with E-state index in [4.69, 9.17) is 9.47 Å². The van der Waals surface area contributed by atoms with Crippen molar-refractivity contribution in [3.8, 4) is 0 Å². The Kier molecular flexibility index (Phi) is 7.82. The summed E-state index contributed by atoms with van der Waals surface area (Å²) in [6, 6.07) is 6.78. The molecule has 1 rings (SSSR count). The van der Waals surface area contributed by atoms with Crippen molar-refractivity contribution < 1.29 is 9.47 Å². The summed E-state index contributed by atoms with van der Waals surface area (Å²) in [5.74, 6) is 0.579. The summed E-state index contributed by atoms with van der Waals surface area (Å²) in [5.41, 5.74) is 3.90. The molecule has 0 heterocycles. The third-order valence-corrected chi connectivity index (χ3v) is 3.27. The Morgan fingerprint density at radius 3 is 2.30 bits per heavy atom. The van der Waals surface area contributed by atoms with E-state index in [1.807, 2.05) is 7.05 Å². The second-order valence-corrected chi connectivity index (χ2v) is 5.74. The summed E-state index contributed by atoms with van der Waals surface area (Å²) in [6.07, 6.45) is 0. The molecular weight excluding hydrogens is 250 g/mol. The maximum Gasteiger partial charge on any atom is 0.0701 e. The van der Waals surface area contributed by atoms with E-state index in [2.05, 4.69) is 51.2 Å². The molecule has 114 valence electrons. The molecule has 0 spiro atoms. The van der Waals surface area contributed by atoms with Crippen LogP contribution in [0, 0.1) is 19.8 Å². The Bertz CT molecular complexity index is 391. The molecule has 0 aliphatic carbocycles. The van der Waals surface area contributed by atoms with E-state index in [-0.39, 0.29) is 6.04 Å². The van der Waals surface area contributed by atoms with Crippen LogP contribution in [0.15, 0.2) is 18.2 Å². The average molecular weight is 279 g/mol. The topological polar surface area (TPSA) is 30.5 Å². The van der Waals surface area contributed by atoms with Gasteiger partial charge in [0, 0.05) is 6.61 Å². The minimum Gasteiger partial charge on any atom is -0.379 e. The number of benzene rings is 1. The van der Waals surface area contributed by atoms with Crippen molar-refractivity contribution in [3.05, 3.63) is 34.9 Å². The van der Waals surface area contributed by atoms with Crippen molar-refractivity contribution in [2.75, 3.05) is 33.5 Å². The first-order valence-electron chi connectivity index (χ1n) is 7.44. The standard InChI is InChI=1S/C17H29NO2/c1-13(2)11-19-8-9-20-12-17(18-5)16-10-14(3)6-7-15(16)4/h6-7,10,13,17-18H,8-9,11-12H2,1-5H3. The van der Waals surface area contributed by atoms with Gasteiger partial charge < -0.3 is 14.8 Å². The molecule has 0 aromatic heterocycles. The number of nitrogens with one attached hydrogen (secondary N) is 1. The van der Waals surface area contributed by atoms with E-state index in [9.17, 15) is 0 Å². The second-order valence-electron chi connectivity index (χ2n) is 5.74. The molecule has 1 unspecified atom stereocenters. The highest BCUT2D eigenvalue weighted by Crippen LogP contribution is 2.19. The number of hydrogen-bond donors (Lipinski definition) is 1. The van der Waals surface area contributed by atoms with Crippen LogP contribution in [0.4, 0.5) is 0 Å². The first-order chi connectivity index (χ1) is 9.54. The van der Waals surface area contributed by atoms with Crippen molar-refractivity contribution in [1.29, 1.82) is 0 Å². The number of ether oxygens (including phenoxy) is 2. The van der Waals surface area contributed by atoms with E-state index >= 15 is 0 Å². The van der Waals surface area contributed by atoms with Crippen molar-refractivity contribution >= 4 is 0 Å². The van der Waals surface area contributed by atoms with Crippen LogP contribution in [0.3, 0.4) is 0 Å². The fourth-order valence-electron chi connectivity index (χ4n) is 2.10. The van der Waals surface area contributed by atoms with Crippen LogP contribution >= 0.6 is 0 Å². The highest BCUT2D eigenvalue weighted by molar-refractivity contribution is 5.33. The quantitative estimate of drug-likeness (QED) is 0.704. The lowest BCUT2D eigenvalue weighted by Crippen LogP contribution is -2.23. The lowest BCUT2D eigenvalue weighted by molar-refractivity contribution is 0.0308. The molecule has 3 nitrogen and oxygen atoms in total. The molecule has 3 heteroatoms. The van der Waals surface area contributed by atoms with E-state index < -0.39 is 0 Å². The first-order valence-corrected chi connectivity index (χ1v) is 7.44. The minimum absolute atomic E-state index is 0.236. The zero-order valence-corrected chi connectivity index (χ0v) is 13.5. The summed E-state index contributed by atoms with van der Waals surface area (Å²) in [6.45, 7) is 11.4. The highest BCUT2D eigenvalue weighted by atomic mass is 16.5. The molecule has 1 aromatic carbocycles. The Labute approximate surface area is 123 Å². The predicted molar refractivity (Wildman–Crippen MR) is 84.2 cm³/mol. The molecule has 0 aliphatic heterocycles. The Hall–Kier alpha value is -0.900. The molecule has 1 aromatic rings. The number of rotatable bonds is 9. The summed E-state index contributed by atoms with van der Waals surface area (Å²) < 4.78 is 11.2. The fourth-order valence-corrected chi connectivity index (χ4v) is 2.10. The lowest BCUT2D eigenvalue weighted by atomic mass is 9.99. The summed E-state index contributed by atoms with van der Waals surface area (Å²) in [7, 11) is 1.98. The Balaban J connectivity index is 2.38. The number of likely N-dealkylation sites (N-methyl/N-ethyl adjacent to an activating group) is 1. The van der Waals surface area contributed by atoms with Crippen LogP contribution in [0.1, 0.15) is 36.6 Å². The third-order valence-electron chi connectivity index (χ3n) is 3.27. The maximum atomic E-state index is 5.73. The van der Waals surface area contributed by atoms with E-state index in [0.29, 0.717) is 25.7 Å². The molecule has 0 radical (unpaired) electrons. The van der Waals surface area contributed by atoms with Crippen LogP contribution in [0.25, 0.3) is 0 Å². The lowest BCUT2D eigenvalue weighted by Gasteiger charge is -2.19. The molecule has 0 amide bonds. The van der Waals surface area contributed by atoms with Crippen LogP contribution in [-0.2, 0) is 9.47 Å². The Morgan fingerprint density at radius 1 is 1.05 bits per heavy atom. The van der Waals surface area contributed by atoms with Crippen LogP contribution in [0.5, 0.6) is 0 Å². The smallest absolute Gasteiger partial charge is 0.0701 e. The Morgan fingerprint density at radius 2 is 1.70 bits per heavy atom. The number of hydrogen-bond acceptors (Lipinski definition) is 3. The average Bonchev–Trinajstić information content (AvgIpc) is 2.41. The zero-order chi connectivity index (χ0) is 15.0. The molecule has 0 fully saturated rings.